The molecule has 6 heteroatoms. The molecule has 2 aliphatic rings. The topological polar surface area (TPSA) is 67.4 Å². The second-order valence-electron chi connectivity index (χ2n) is 5.31. The summed E-state index contributed by atoms with van der Waals surface area (Å²) in [6.45, 7) is 2.90. The zero-order chi connectivity index (χ0) is 12.8. The summed E-state index contributed by atoms with van der Waals surface area (Å²) in [5.41, 5.74) is 0. The maximum absolute atomic E-state index is 11.8. The van der Waals surface area contributed by atoms with Crippen molar-refractivity contribution < 1.29 is 13.2 Å². The van der Waals surface area contributed by atoms with E-state index in [0.717, 1.165) is 32.6 Å². The quantitative estimate of drug-likeness (QED) is 0.633. The van der Waals surface area contributed by atoms with Gasteiger partial charge >= 0.3 is 0 Å². The number of nitrogens with one attached hydrogen (secondary N) is 2. The molecule has 0 bridgehead atoms. The molecule has 5 nitrogen and oxygen atoms in total. The number of sulfonamides is 1. The fourth-order valence-electron chi connectivity index (χ4n) is 2.12. The van der Waals surface area contributed by atoms with Gasteiger partial charge in [0.1, 0.15) is 0 Å². The Kier molecular flexibility index (Phi) is 5.41. The Labute approximate surface area is 110 Å². The van der Waals surface area contributed by atoms with Crippen LogP contribution in [0.2, 0.25) is 0 Å². The van der Waals surface area contributed by atoms with Crippen molar-refractivity contribution in [1.29, 1.82) is 0 Å². The van der Waals surface area contributed by atoms with Gasteiger partial charge in [-0.2, -0.15) is 0 Å². The number of hydrogen-bond donors (Lipinski definition) is 2. The first-order valence-electron chi connectivity index (χ1n) is 6.94. The molecule has 1 aliphatic carbocycles. The van der Waals surface area contributed by atoms with Gasteiger partial charge in [-0.1, -0.05) is 0 Å². The van der Waals surface area contributed by atoms with Gasteiger partial charge in [0.05, 0.1) is 5.75 Å². The molecule has 1 saturated carbocycles. The zero-order valence-corrected chi connectivity index (χ0v) is 11.7. The molecule has 18 heavy (non-hydrogen) atoms. The predicted molar refractivity (Wildman–Crippen MR) is 71.0 cm³/mol. The van der Waals surface area contributed by atoms with Crippen molar-refractivity contribution in [1.82, 2.24) is 10.0 Å². The summed E-state index contributed by atoms with van der Waals surface area (Å²) in [4.78, 5) is 0. The summed E-state index contributed by atoms with van der Waals surface area (Å²) in [5, 5.41) is 3.33. The molecule has 0 radical (unpaired) electrons. The van der Waals surface area contributed by atoms with Crippen molar-refractivity contribution in [2.75, 3.05) is 32.1 Å². The molecule has 0 amide bonds. The van der Waals surface area contributed by atoms with Crippen LogP contribution in [0, 0.1) is 5.92 Å². The average molecular weight is 276 g/mol. The van der Waals surface area contributed by atoms with Crippen LogP contribution in [0.1, 0.15) is 32.1 Å². The predicted octanol–water partition coefficient (Wildman–Crippen LogP) is 0.475. The van der Waals surface area contributed by atoms with Crippen molar-refractivity contribution in [2.45, 2.75) is 38.1 Å². The number of ether oxygens (including phenoxy) is 1. The molecule has 0 atom stereocenters. The monoisotopic (exact) mass is 276 g/mol. The van der Waals surface area contributed by atoms with Crippen molar-refractivity contribution in [2.24, 2.45) is 5.92 Å². The third kappa shape index (κ3) is 5.65. The standard InChI is InChI=1S/C12H24N2O3S/c15-18(16,9-1-6-13-12-2-3-12)14-10-11-4-7-17-8-5-11/h11-14H,1-10H2. The molecule has 0 aromatic rings. The molecule has 1 heterocycles. The van der Waals surface area contributed by atoms with E-state index in [1.54, 1.807) is 0 Å². The molecular formula is C12H24N2O3S. The van der Waals surface area contributed by atoms with E-state index in [2.05, 4.69) is 10.0 Å². The second-order valence-corrected chi connectivity index (χ2v) is 7.23. The van der Waals surface area contributed by atoms with Gasteiger partial charge in [0.2, 0.25) is 10.0 Å². The Balaban J connectivity index is 1.56. The molecule has 2 N–H and O–H groups in total. The van der Waals surface area contributed by atoms with E-state index in [1.165, 1.54) is 12.8 Å². The fourth-order valence-corrected chi connectivity index (χ4v) is 3.28. The third-order valence-electron chi connectivity index (χ3n) is 3.53. The van der Waals surface area contributed by atoms with E-state index >= 15 is 0 Å². The van der Waals surface area contributed by atoms with E-state index in [0.29, 0.717) is 24.9 Å². The maximum Gasteiger partial charge on any atom is 0.211 e. The SMILES string of the molecule is O=S(=O)(CCCNC1CC1)NCC1CCOCC1. The molecule has 2 fully saturated rings. The molecule has 1 saturated heterocycles. The third-order valence-corrected chi connectivity index (χ3v) is 4.97. The minimum absolute atomic E-state index is 0.232. The molecule has 0 spiro atoms. The van der Waals surface area contributed by atoms with Gasteiger partial charge in [-0.25, -0.2) is 13.1 Å². The highest BCUT2D eigenvalue weighted by atomic mass is 32.2. The lowest BCUT2D eigenvalue weighted by Crippen LogP contribution is -2.34. The van der Waals surface area contributed by atoms with Gasteiger partial charge in [0.25, 0.3) is 0 Å². The van der Waals surface area contributed by atoms with Gasteiger partial charge in [0.15, 0.2) is 0 Å². The first kappa shape index (κ1) is 14.2. The lowest BCUT2D eigenvalue weighted by atomic mass is 10.0. The van der Waals surface area contributed by atoms with Crippen molar-refractivity contribution in [3.8, 4) is 0 Å². The Morgan fingerprint density at radius 2 is 1.83 bits per heavy atom. The van der Waals surface area contributed by atoms with Crippen LogP contribution in [0.4, 0.5) is 0 Å². The van der Waals surface area contributed by atoms with E-state index in [-0.39, 0.29) is 5.75 Å². The Morgan fingerprint density at radius 1 is 1.11 bits per heavy atom. The largest absolute Gasteiger partial charge is 0.381 e. The average Bonchev–Trinajstić information content (AvgIpc) is 3.18. The molecule has 1 aliphatic heterocycles. The minimum atomic E-state index is -3.09. The lowest BCUT2D eigenvalue weighted by Gasteiger charge is -2.22. The normalized spacial score (nSPS) is 22.2. The Morgan fingerprint density at radius 3 is 2.50 bits per heavy atom. The first-order valence-corrected chi connectivity index (χ1v) is 8.59. The minimum Gasteiger partial charge on any atom is -0.381 e. The van der Waals surface area contributed by atoms with Gasteiger partial charge in [-0.15, -0.1) is 0 Å². The molecular weight excluding hydrogens is 252 g/mol. The number of hydrogen-bond acceptors (Lipinski definition) is 4. The van der Waals surface area contributed by atoms with Crippen LogP contribution < -0.4 is 10.0 Å². The Bertz CT molecular complexity index is 335. The van der Waals surface area contributed by atoms with Crippen LogP contribution in [0.5, 0.6) is 0 Å². The number of rotatable bonds is 8. The van der Waals surface area contributed by atoms with Crippen molar-refractivity contribution in [3.05, 3.63) is 0 Å². The smallest absolute Gasteiger partial charge is 0.211 e. The summed E-state index contributed by atoms with van der Waals surface area (Å²) in [7, 11) is -3.09. The van der Waals surface area contributed by atoms with Crippen LogP contribution in [0.3, 0.4) is 0 Å². The van der Waals surface area contributed by atoms with Gasteiger partial charge in [-0.3, -0.25) is 0 Å². The first-order chi connectivity index (χ1) is 8.66. The summed E-state index contributed by atoms with van der Waals surface area (Å²) in [6, 6.07) is 0.655. The molecule has 0 aromatic heterocycles. The molecule has 0 unspecified atom stereocenters. The van der Waals surface area contributed by atoms with Crippen LogP contribution >= 0.6 is 0 Å². The van der Waals surface area contributed by atoms with Crippen LogP contribution in [-0.4, -0.2) is 46.5 Å². The molecule has 2 rings (SSSR count). The fraction of sp³-hybridized carbons (Fsp3) is 1.00. The van der Waals surface area contributed by atoms with Gasteiger partial charge < -0.3 is 10.1 Å². The highest BCUT2D eigenvalue weighted by molar-refractivity contribution is 7.89. The van der Waals surface area contributed by atoms with Crippen LogP contribution in [0.25, 0.3) is 0 Å². The van der Waals surface area contributed by atoms with Gasteiger partial charge in [0, 0.05) is 25.8 Å². The van der Waals surface area contributed by atoms with Crippen molar-refractivity contribution in [3.63, 3.8) is 0 Å². The summed E-state index contributed by atoms with van der Waals surface area (Å²) in [6.07, 6.45) is 5.11. The second kappa shape index (κ2) is 6.84. The summed E-state index contributed by atoms with van der Waals surface area (Å²) in [5.74, 6) is 0.675. The van der Waals surface area contributed by atoms with E-state index in [1.807, 2.05) is 0 Å². The summed E-state index contributed by atoms with van der Waals surface area (Å²) < 4.78 is 31.5. The highest BCUT2D eigenvalue weighted by Gasteiger charge is 2.20. The van der Waals surface area contributed by atoms with Gasteiger partial charge in [-0.05, 0) is 44.6 Å². The molecule has 0 aromatic carbocycles. The lowest BCUT2D eigenvalue weighted by molar-refractivity contribution is 0.0678. The van der Waals surface area contributed by atoms with E-state index in [4.69, 9.17) is 4.74 Å². The van der Waals surface area contributed by atoms with Crippen LogP contribution in [-0.2, 0) is 14.8 Å². The maximum atomic E-state index is 11.8. The zero-order valence-electron chi connectivity index (χ0n) is 10.9. The summed E-state index contributed by atoms with van der Waals surface area (Å²) >= 11 is 0. The Hall–Kier alpha value is -0.170. The van der Waals surface area contributed by atoms with Crippen LogP contribution in [0.15, 0.2) is 0 Å². The highest BCUT2D eigenvalue weighted by Crippen LogP contribution is 2.18. The van der Waals surface area contributed by atoms with E-state index in [9.17, 15) is 8.42 Å². The van der Waals surface area contributed by atoms with Crippen molar-refractivity contribution >= 4 is 10.0 Å². The molecule has 106 valence electrons. The van der Waals surface area contributed by atoms with E-state index < -0.39 is 10.0 Å².